The first kappa shape index (κ1) is 22.0. The third kappa shape index (κ3) is 4.65. The third-order valence-electron chi connectivity index (χ3n) is 6.03. The van der Waals surface area contributed by atoms with Crippen molar-refractivity contribution in [2.75, 3.05) is 20.2 Å². The van der Waals surface area contributed by atoms with Crippen molar-refractivity contribution in [1.82, 2.24) is 14.8 Å². The van der Waals surface area contributed by atoms with Crippen molar-refractivity contribution in [2.24, 2.45) is 0 Å². The minimum atomic E-state index is -0.466. The molecule has 1 aliphatic rings. The van der Waals surface area contributed by atoms with E-state index >= 15 is 0 Å². The number of nitrogens with zero attached hydrogens (tertiary/aromatic N) is 3. The fourth-order valence-corrected chi connectivity index (χ4v) is 4.14. The van der Waals surface area contributed by atoms with Crippen LogP contribution in [0.4, 0.5) is 0 Å². The van der Waals surface area contributed by atoms with Gasteiger partial charge in [-0.15, -0.1) is 0 Å². The van der Waals surface area contributed by atoms with Crippen LogP contribution < -0.4 is 0 Å². The summed E-state index contributed by atoms with van der Waals surface area (Å²) in [6.45, 7) is 6.04. The van der Waals surface area contributed by atoms with Crippen LogP contribution in [0.1, 0.15) is 41.0 Å². The zero-order valence-corrected chi connectivity index (χ0v) is 18.9. The number of hydrogen-bond acceptors (Lipinski definition) is 5. The van der Waals surface area contributed by atoms with Gasteiger partial charge in [0.1, 0.15) is 0 Å². The SMILES string of the molecule is CC(C)N1CCc2nc3ccccc3c(C(=O)OCC(=O)N(C)Cc3ccccc3)c2C1. The van der Waals surface area contributed by atoms with Gasteiger partial charge in [-0.25, -0.2) is 4.79 Å². The van der Waals surface area contributed by atoms with Crippen LogP contribution in [0.15, 0.2) is 54.6 Å². The molecule has 1 aliphatic heterocycles. The molecule has 3 aromatic rings. The molecule has 1 aromatic heterocycles. The summed E-state index contributed by atoms with van der Waals surface area (Å²) in [6.07, 6.45) is 0.789. The lowest BCUT2D eigenvalue weighted by atomic mass is 9.95. The smallest absolute Gasteiger partial charge is 0.339 e. The van der Waals surface area contributed by atoms with Gasteiger partial charge in [-0.05, 0) is 25.5 Å². The largest absolute Gasteiger partial charge is 0.452 e. The van der Waals surface area contributed by atoms with Gasteiger partial charge in [0.15, 0.2) is 6.61 Å². The van der Waals surface area contributed by atoms with Crippen molar-refractivity contribution in [3.63, 3.8) is 0 Å². The molecule has 0 N–H and O–H groups in total. The average molecular weight is 432 g/mol. The van der Waals surface area contributed by atoms with Gasteiger partial charge in [-0.1, -0.05) is 48.5 Å². The van der Waals surface area contributed by atoms with E-state index in [1.165, 1.54) is 0 Å². The minimum Gasteiger partial charge on any atom is -0.452 e. The van der Waals surface area contributed by atoms with Gasteiger partial charge in [0, 0.05) is 55.8 Å². The molecule has 0 fully saturated rings. The number of carbonyl (C=O) groups excluding carboxylic acids is 2. The molecule has 2 heterocycles. The Morgan fingerprint density at radius 1 is 1.09 bits per heavy atom. The Labute approximate surface area is 188 Å². The van der Waals surface area contributed by atoms with Crippen LogP contribution in [-0.2, 0) is 29.0 Å². The second-order valence-electron chi connectivity index (χ2n) is 8.55. The van der Waals surface area contributed by atoms with Crippen LogP contribution >= 0.6 is 0 Å². The maximum Gasteiger partial charge on any atom is 0.339 e. The Morgan fingerprint density at radius 3 is 2.56 bits per heavy atom. The number of para-hydroxylation sites is 1. The average Bonchev–Trinajstić information content (AvgIpc) is 2.80. The van der Waals surface area contributed by atoms with Crippen molar-refractivity contribution >= 4 is 22.8 Å². The summed E-state index contributed by atoms with van der Waals surface area (Å²) in [6, 6.07) is 17.7. The molecule has 0 atom stereocenters. The number of aromatic nitrogens is 1. The van der Waals surface area contributed by atoms with E-state index in [2.05, 4.69) is 18.7 Å². The van der Waals surface area contributed by atoms with Crippen molar-refractivity contribution in [3.05, 3.63) is 77.0 Å². The summed E-state index contributed by atoms with van der Waals surface area (Å²) in [5.74, 6) is -0.704. The lowest BCUT2D eigenvalue weighted by Gasteiger charge is -2.32. The molecule has 2 aromatic carbocycles. The molecule has 32 heavy (non-hydrogen) atoms. The highest BCUT2D eigenvalue weighted by Crippen LogP contribution is 2.29. The predicted octanol–water partition coefficient (Wildman–Crippen LogP) is 3.82. The fraction of sp³-hybridized carbons (Fsp3) is 0.346. The quantitative estimate of drug-likeness (QED) is 0.556. The molecule has 4 rings (SSSR count). The Morgan fingerprint density at radius 2 is 1.81 bits per heavy atom. The van der Waals surface area contributed by atoms with Gasteiger partial charge in [0.2, 0.25) is 0 Å². The van der Waals surface area contributed by atoms with E-state index in [1.807, 2.05) is 54.6 Å². The van der Waals surface area contributed by atoms with E-state index in [0.29, 0.717) is 24.7 Å². The molecule has 0 spiro atoms. The summed E-state index contributed by atoms with van der Waals surface area (Å²) in [5.41, 5.74) is 4.20. The number of rotatable bonds is 6. The summed E-state index contributed by atoms with van der Waals surface area (Å²) in [7, 11) is 1.72. The van der Waals surface area contributed by atoms with Gasteiger partial charge in [-0.2, -0.15) is 0 Å². The van der Waals surface area contributed by atoms with E-state index < -0.39 is 5.97 Å². The monoisotopic (exact) mass is 431 g/mol. The molecule has 0 unspecified atom stereocenters. The van der Waals surface area contributed by atoms with Crippen LogP contribution in [-0.4, -0.2) is 52.9 Å². The highest BCUT2D eigenvalue weighted by Gasteiger charge is 2.28. The second kappa shape index (κ2) is 9.49. The van der Waals surface area contributed by atoms with Crippen molar-refractivity contribution < 1.29 is 14.3 Å². The molecular weight excluding hydrogens is 402 g/mol. The molecule has 0 aliphatic carbocycles. The standard InChI is InChI=1S/C26H29N3O3/c1-18(2)29-14-13-23-21(16-29)25(20-11-7-8-12-22(20)27-23)26(31)32-17-24(30)28(3)15-19-9-5-4-6-10-19/h4-12,18H,13-17H2,1-3H3. The van der Waals surface area contributed by atoms with Gasteiger partial charge in [0.25, 0.3) is 5.91 Å². The topological polar surface area (TPSA) is 62.7 Å². The molecule has 0 saturated carbocycles. The number of ether oxygens (including phenoxy) is 1. The fourth-order valence-electron chi connectivity index (χ4n) is 4.14. The van der Waals surface area contributed by atoms with Crippen LogP contribution in [0.3, 0.4) is 0 Å². The van der Waals surface area contributed by atoms with Gasteiger partial charge < -0.3 is 9.64 Å². The van der Waals surface area contributed by atoms with E-state index in [4.69, 9.17) is 9.72 Å². The minimum absolute atomic E-state index is 0.238. The van der Waals surface area contributed by atoms with Crippen LogP contribution in [0.2, 0.25) is 0 Å². The lowest BCUT2D eigenvalue weighted by Crippen LogP contribution is -2.37. The van der Waals surface area contributed by atoms with Gasteiger partial charge in [-0.3, -0.25) is 14.7 Å². The van der Waals surface area contributed by atoms with Crippen LogP contribution in [0.25, 0.3) is 10.9 Å². The summed E-state index contributed by atoms with van der Waals surface area (Å²) in [5, 5.41) is 0.770. The number of amides is 1. The molecule has 0 saturated heterocycles. The van der Waals surface area contributed by atoms with Crippen LogP contribution in [0.5, 0.6) is 0 Å². The van der Waals surface area contributed by atoms with Crippen molar-refractivity contribution in [3.8, 4) is 0 Å². The zero-order valence-electron chi connectivity index (χ0n) is 18.9. The van der Waals surface area contributed by atoms with Crippen LogP contribution in [0, 0.1) is 0 Å². The highest BCUT2D eigenvalue weighted by atomic mass is 16.5. The normalized spacial score (nSPS) is 13.8. The molecular formula is C26H29N3O3. The Bertz CT molecular complexity index is 1130. The van der Waals surface area contributed by atoms with E-state index in [-0.39, 0.29) is 12.5 Å². The number of likely N-dealkylation sites (N-methyl/N-ethyl adjacent to an activating group) is 1. The predicted molar refractivity (Wildman–Crippen MR) is 124 cm³/mol. The zero-order chi connectivity index (χ0) is 22.7. The van der Waals surface area contributed by atoms with E-state index in [0.717, 1.165) is 40.7 Å². The van der Waals surface area contributed by atoms with Gasteiger partial charge >= 0.3 is 5.97 Å². The maximum atomic E-state index is 13.3. The molecule has 6 nitrogen and oxygen atoms in total. The first-order chi connectivity index (χ1) is 15.4. The number of carbonyl (C=O) groups is 2. The van der Waals surface area contributed by atoms with Crippen molar-refractivity contribution in [2.45, 2.75) is 39.4 Å². The summed E-state index contributed by atoms with van der Waals surface area (Å²) in [4.78, 5) is 34.6. The summed E-state index contributed by atoms with van der Waals surface area (Å²) >= 11 is 0. The Kier molecular flexibility index (Phi) is 6.51. The van der Waals surface area contributed by atoms with Gasteiger partial charge in [0.05, 0.1) is 11.1 Å². The maximum absolute atomic E-state index is 13.3. The number of esters is 1. The molecule has 166 valence electrons. The molecule has 1 amide bonds. The first-order valence-electron chi connectivity index (χ1n) is 11.0. The van der Waals surface area contributed by atoms with E-state index in [1.54, 1.807) is 11.9 Å². The molecule has 0 bridgehead atoms. The van der Waals surface area contributed by atoms with E-state index in [9.17, 15) is 9.59 Å². The molecule has 0 radical (unpaired) electrons. The number of pyridine rings is 1. The Hall–Kier alpha value is -3.25. The second-order valence-corrected chi connectivity index (χ2v) is 8.55. The first-order valence-corrected chi connectivity index (χ1v) is 11.0. The number of benzene rings is 2. The number of hydrogen-bond donors (Lipinski definition) is 0. The molecule has 6 heteroatoms. The lowest BCUT2D eigenvalue weighted by molar-refractivity contribution is -0.133. The summed E-state index contributed by atoms with van der Waals surface area (Å²) < 4.78 is 5.54. The highest BCUT2D eigenvalue weighted by molar-refractivity contribution is 6.05. The van der Waals surface area contributed by atoms with Crippen molar-refractivity contribution in [1.29, 1.82) is 0 Å². The Balaban J connectivity index is 1.55. The third-order valence-corrected chi connectivity index (χ3v) is 6.03. The number of fused-ring (bicyclic) bond motifs is 2.